The molecule has 3 aromatic rings. The van der Waals surface area contributed by atoms with Gasteiger partial charge in [-0.2, -0.15) is 0 Å². The maximum atomic E-state index is 14.4. The third-order valence-corrected chi connectivity index (χ3v) is 9.25. The van der Waals surface area contributed by atoms with Crippen LogP contribution in [0.3, 0.4) is 0 Å². The summed E-state index contributed by atoms with van der Waals surface area (Å²) >= 11 is 0. The minimum Gasteiger partial charge on any atom is -0.494 e. The summed E-state index contributed by atoms with van der Waals surface area (Å²) in [6.07, 6.45) is 2.60. The largest absolute Gasteiger partial charge is 0.494 e. The van der Waals surface area contributed by atoms with Crippen LogP contribution in [0.25, 0.3) is 0 Å². The molecule has 0 saturated carbocycles. The first-order valence-corrected chi connectivity index (χ1v) is 14.3. The molecule has 0 atom stereocenters. The number of benzene rings is 3. The van der Waals surface area contributed by atoms with Crippen molar-refractivity contribution in [2.45, 2.75) is 35.6 Å². The number of thiol groups is 1. The van der Waals surface area contributed by atoms with Crippen LogP contribution < -0.4 is 10.5 Å². The SMILES string of the molecule is NCCCOc1cccc([SH](=O)(C(=O)OCC2CCN(Cc3ccccc3)CC2)c2ccccc2)c1. The van der Waals surface area contributed by atoms with Gasteiger partial charge >= 0.3 is 5.30 Å². The van der Waals surface area contributed by atoms with Gasteiger partial charge in [-0.25, -0.2) is 4.79 Å². The molecule has 0 radical (unpaired) electrons. The van der Waals surface area contributed by atoms with Crippen molar-refractivity contribution in [3.8, 4) is 5.75 Å². The number of hydrogen-bond acceptors (Lipinski definition) is 6. The van der Waals surface area contributed by atoms with E-state index in [1.54, 1.807) is 48.5 Å². The lowest BCUT2D eigenvalue weighted by Crippen LogP contribution is -2.35. The molecule has 6 nitrogen and oxygen atoms in total. The molecule has 1 aliphatic heterocycles. The van der Waals surface area contributed by atoms with Crippen LogP contribution >= 0.6 is 0 Å². The van der Waals surface area contributed by atoms with Crippen LogP contribution in [0, 0.1) is 5.92 Å². The van der Waals surface area contributed by atoms with Crippen molar-refractivity contribution in [1.29, 1.82) is 0 Å². The second-order valence-electron chi connectivity index (χ2n) is 9.21. The normalized spacial score (nSPS) is 15.4. The van der Waals surface area contributed by atoms with Gasteiger partial charge in [0, 0.05) is 26.3 Å². The monoisotopic (exact) mass is 508 g/mol. The highest BCUT2D eigenvalue weighted by Crippen LogP contribution is 2.33. The number of rotatable bonds is 10. The molecule has 1 heterocycles. The smallest absolute Gasteiger partial charge is 0.382 e. The molecule has 0 unspecified atom stereocenters. The van der Waals surface area contributed by atoms with Crippen molar-refractivity contribution in [3.63, 3.8) is 0 Å². The van der Waals surface area contributed by atoms with Crippen LogP contribution in [0.2, 0.25) is 0 Å². The Hall–Kier alpha value is -3.00. The van der Waals surface area contributed by atoms with Crippen molar-refractivity contribution in [2.75, 3.05) is 32.8 Å². The summed E-state index contributed by atoms with van der Waals surface area (Å²) in [6.45, 7) is 4.11. The van der Waals surface area contributed by atoms with Crippen molar-refractivity contribution in [3.05, 3.63) is 90.5 Å². The second kappa shape index (κ2) is 12.8. The lowest BCUT2D eigenvalue weighted by atomic mass is 9.97. The van der Waals surface area contributed by atoms with Gasteiger partial charge < -0.3 is 15.2 Å². The average Bonchev–Trinajstić information content (AvgIpc) is 2.93. The van der Waals surface area contributed by atoms with Crippen molar-refractivity contribution >= 4 is 15.2 Å². The molecule has 192 valence electrons. The number of nitrogens with zero attached hydrogens (tertiary/aromatic N) is 1. The molecular weight excluding hydrogens is 472 g/mol. The fraction of sp³-hybridized carbons (Fsp3) is 0.345. The Morgan fingerprint density at radius 3 is 2.28 bits per heavy atom. The summed E-state index contributed by atoms with van der Waals surface area (Å²) in [5.41, 5.74) is 6.86. The van der Waals surface area contributed by atoms with E-state index in [9.17, 15) is 9.00 Å². The molecule has 0 aliphatic carbocycles. The van der Waals surface area contributed by atoms with Crippen LogP contribution in [0.1, 0.15) is 24.8 Å². The topological polar surface area (TPSA) is 81.9 Å². The van der Waals surface area contributed by atoms with E-state index in [1.807, 2.05) is 12.1 Å². The summed E-state index contributed by atoms with van der Waals surface area (Å²) < 4.78 is 25.9. The summed E-state index contributed by atoms with van der Waals surface area (Å²) in [4.78, 5) is 16.7. The standard InChI is InChI=1S/C29H36N2O4S/c30-17-8-20-34-26-11-7-14-28(21-26)36(33,27-12-5-2-6-13-27)29(32)35-23-25-15-18-31(19-16-25)22-24-9-3-1-4-10-24/h1-7,9-14,21,25,36H,8,15-20,22-23,30H2. The van der Waals surface area contributed by atoms with Crippen LogP contribution in [-0.4, -0.2) is 47.3 Å². The molecule has 7 heteroatoms. The maximum Gasteiger partial charge on any atom is 0.382 e. The molecule has 36 heavy (non-hydrogen) atoms. The van der Waals surface area contributed by atoms with E-state index in [1.165, 1.54) is 5.56 Å². The van der Waals surface area contributed by atoms with E-state index in [-0.39, 0.29) is 12.5 Å². The number of carbonyl (C=O) groups is 1. The van der Waals surface area contributed by atoms with Crippen molar-refractivity contribution in [2.24, 2.45) is 11.7 Å². The van der Waals surface area contributed by atoms with Crippen LogP contribution in [0.5, 0.6) is 5.75 Å². The number of hydrogen-bond donors (Lipinski definition) is 2. The summed E-state index contributed by atoms with van der Waals surface area (Å²) in [7, 11) is -3.68. The lowest BCUT2D eigenvalue weighted by Gasteiger charge is -2.32. The molecular formula is C29H36N2O4S. The molecule has 0 aromatic heterocycles. The number of nitrogens with two attached hydrogens (primary N) is 1. The highest BCUT2D eigenvalue weighted by atomic mass is 32.2. The molecule has 0 amide bonds. The van der Waals surface area contributed by atoms with E-state index in [2.05, 4.69) is 29.2 Å². The predicted octanol–water partition coefficient (Wildman–Crippen LogP) is 4.90. The fourth-order valence-electron chi connectivity index (χ4n) is 4.47. The molecule has 2 N–H and O–H groups in total. The van der Waals surface area contributed by atoms with E-state index in [0.717, 1.165) is 32.5 Å². The van der Waals surface area contributed by atoms with Crippen LogP contribution in [-0.2, 0) is 21.2 Å². The molecule has 3 aromatic carbocycles. The first kappa shape index (κ1) is 26.1. The number of carbonyl (C=O) groups excluding carboxylic acids is 1. The molecule has 1 saturated heterocycles. The van der Waals surface area contributed by atoms with Crippen molar-refractivity contribution in [1.82, 2.24) is 4.90 Å². The van der Waals surface area contributed by atoms with Gasteiger partial charge in [0.1, 0.15) is 5.75 Å². The number of piperidine rings is 1. The van der Waals surface area contributed by atoms with Gasteiger partial charge in [0.25, 0.3) is 0 Å². The zero-order valence-electron chi connectivity index (χ0n) is 20.6. The first-order chi connectivity index (χ1) is 17.6. The Kier molecular flexibility index (Phi) is 9.28. The lowest BCUT2D eigenvalue weighted by molar-refractivity contribution is 0.108. The minimum absolute atomic E-state index is 0.260. The third kappa shape index (κ3) is 6.60. The Morgan fingerprint density at radius 1 is 0.917 bits per heavy atom. The van der Waals surface area contributed by atoms with Gasteiger partial charge in [0.15, 0.2) is 0 Å². The molecule has 4 rings (SSSR count). The molecule has 1 fully saturated rings. The Morgan fingerprint density at radius 2 is 1.58 bits per heavy atom. The van der Waals surface area contributed by atoms with E-state index in [0.29, 0.717) is 35.1 Å². The molecule has 0 spiro atoms. The third-order valence-electron chi connectivity index (χ3n) is 6.57. The Balaban J connectivity index is 1.41. The predicted molar refractivity (Wildman–Crippen MR) is 144 cm³/mol. The van der Waals surface area contributed by atoms with Gasteiger partial charge in [-0.1, -0.05) is 54.6 Å². The quantitative estimate of drug-likeness (QED) is 0.230. The second-order valence-corrected chi connectivity index (χ2v) is 11.8. The Labute approximate surface area is 214 Å². The van der Waals surface area contributed by atoms with Gasteiger partial charge in [-0.05, 0) is 80.7 Å². The maximum absolute atomic E-state index is 14.4. The average molecular weight is 509 g/mol. The Bertz CT molecular complexity index is 1150. The summed E-state index contributed by atoms with van der Waals surface area (Å²) in [5, 5.41) is -0.667. The van der Waals surface area contributed by atoms with Gasteiger partial charge in [-0.3, -0.25) is 9.11 Å². The minimum atomic E-state index is -3.68. The first-order valence-electron chi connectivity index (χ1n) is 12.6. The van der Waals surface area contributed by atoms with E-state index in [4.69, 9.17) is 15.2 Å². The van der Waals surface area contributed by atoms with Crippen LogP contribution in [0.15, 0.2) is 94.7 Å². The van der Waals surface area contributed by atoms with E-state index >= 15 is 0 Å². The zero-order valence-corrected chi connectivity index (χ0v) is 21.5. The van der Waals surface area contributed by atoms with Gasteiger partial charge in [0.2, 0.25) is 0 Å². The number of likely N-dealkylation sites (tertiary alicyclic amines) is 1. The highest BCUT2D eigenvalue weighted by Gasteiger charge is 2.32. The van der Waals surface area contributed by atoms with Gasteiger partial charge in [-0.15, -0.1) is 0 Å². The highest BCUT2D eigenvalue weighted by molar-refractivity contribution is 8.16. The fourth-order valence-corrected chi connectivity index (χ4v) is 6.65. The van der Waals surface area contributed by atoms with Crippen LogP contribution in [0.4, 0.5) is 4.79 Å². The van der Waals surface area contributed by atoms with Gasteiger partial charge in [0.05, 0.1) is 13.2 Å². The molecule has 0 bridgehead atoms. The number of ether oxygens (including phenoxy) is 2. The van der Waals surface area contributed by atoms with Crippen molar-refractivity contribution < 1.29 is 18.5 Å². The van der Waals surface area contributed by atoms with E-state index < -0.39 is 15.2 Å². The zero-order chi connectivity index (χ0) is 25.2. The summed E-state index contributed by atoms with van der Waals surface area (Å²) in [6, 6.07) is 26.3. The summed E-state index contributed by atoms with van der Waals surface area (Å²) in [5.74, 6) is 0.826. The molecule has 1 aliphatic rings.